The van der Waals surface area contributed by atoms with Crippen LogP contribution in [0.4, 0.5) is 10.5 Å². The number of aliphatic hydroxyl groups excluding tert-OH is 1. The Morgan fingerprint density at radius 1 is 0.692 bits per heavy atom. The Morgan fingerprint density at radius 2 is 1.26 bits per heavy atom. The van der Waals surface area contributed by atoms with E-state index in [-0.39, 0.29) is 97.0 Å². The van der Waals surface area contributed by atoms with E-state index in [1.54, 1.807) is 115 Å². The largest absolute Gasteiger partial charge is 0.495 e. The van der Waals surface area contributed by atoms with Crippen molar-refractivity contribution in [2.45, 2.75) is 156 Å². The van der Waals surface area contributed by atoms with Crippen molar-refractivity contribution in [3.8, 4) is 5.75 Å². The number of cyclic esters (lactones) is 2. The SMILES string of the molecule is COCCOCCOCCOCCOCCOCCOCCC(=O)N(CCC(=O)O)CCC(=O)N[C@H](C(=O)N[C@@H](C)C(=O)Nc1ccc(COC(=O)NCc2ccc([C@@H](C)[C@H](O)[C@@H](C)[C@@H]3C/C=C/C(=O)N[C@H](Cc4ccc(OC)c(Cl)c4)C(=O)NCC(C)(C)C(=O)O[C@@H](CC(C)C)C(=O)O3)cc2)cc1)C(C)C. The van der Waals surface area contributed by atoms with Gasteiger partial charge in [-0.2, -0.15) is 0 Å². The van der Waals surface area contributed by atoms with Gasteiger partial charge in [0.15, 0.2) is 6.10 Å². The predicted molar refractivity (Wildman–Crippen MR) is 395 cm³/mol. The van der Waals surface area contributed by atoms with Crippen LogP contribution in [-0.2, 0) is 110 Å². The summed E-state index contributed by atoms with van der Waals surface area (Å²) < 4.78 is 60.3. The van der Waals surface area contributed by atoms with Crippen molar-refractivity contribution in [3.05, 3.63) is 106 Å². The smallest absolute Gasteiger partial charge is 0.407 e. The number of ether oxygens (including phenoxy) is 11. The number of alkyl carbamates (subject to hydrolysis) is 1. The number of anilines is 1. The van der Waals surface area contributed by atoms with Crippen molar-refractivity contribution < 1.29 is 110 Å². The Labute approximate surface area is 632 Å². The molecule has 7 amide bonds. The summed E-state index contributed by atoms with van der Waals surface area (Å²) in [4.78, 5) is 134. The molecular formula is C76H112ClN7O23. The highest BCUT2D eigenvalue weighted by atomic mass is 35.5. The van der Waals surface area contributed by atoms with Gasteiger partial charge < -0.3 is 99.1 Å². The minimum atomic E-state index is -1.32. The molecule has 30 nitrogen and oxygen atoms in total. The quantitative estimate of drug-likeness (QED) is 0.0183. The first-order chi connectivity index (χ1) is 51.0. The standard InChI is InChI=1S/C76H112ClN7O23/c1-49(2)43-63-73(94)106-61(13-12-14-64(85)82-60(45-56-19-24-62(98-11)59(77)44-56)71(92)79-48-76(8,9)74(95)107-63)52(6)69(90)51(5)57-20-15-54(16-21-57)46-78-75(96)105-47-55-17-22-58(23-18-55)81-70(91)53(7)80-72(93)68(50(3)4)83-65(86)25-28-84(29-26-67(88)89)66(87)27-30-99-33-34-101-37-38-103-41-42-104-40-39-102-36-35-100-32-31-97-10/h12,14-24,44,49-53,60-61,63,68-69,90H,13,25-43,45-48H2,1-11H3,(H,78,96)(H,79,92)(H,80,93)(H,81,91)(H,82,85)(H,83,86)(H,88,89)/b14-12+/t51-,52+,53+,60-,61+,63+,68+,69+/m1/s1. The molecular weight excluding hydrogens is 1410 g/mol. The molecule has 31 heteroatoms. The lowest BCUT2D eigenvalue weighted by atomic mass is 9.84. The molecule has 3 aromatic carbocycles. The Hall–Kier alpha value is -8.33. The lowest BCUT2D eigenvalue weighted by Gasteiger charge is -2.33. The van der Waals surface area contributed by atoms with E-state index < -0.39 is 119 Å². The topological polar surface area (TPSA) is 388 Å². The van der Waals surface area contributed by atoms with Crippen molar-refractivity contribution in [2.24, 2.45) is 23.2 Å². The number of benzene rings is 3. The van der Waals surface area contributed by atoms with Gasteiger partial charge in [0.2, 0.25) is 35.4 Å². The summed E-state index contributed by atoms with van der Waals surface area (Å²) in [5.74, 6) is -7.49. The van der Waals surface area contributed by atoms with Crippen LogP contribution in [0.25, 0.3) is 0 Å². The zero-order valence-electron chi connectivity index (χ0n) is 63.5. The van der Waals surface area contributed by atoms with Gasteiger partial charge in [-0.3, -0.25) is 38.4 Å². The summed E-state index contributed by atoms with van der Waals surface area (Å²) >= 11 is 6.39. The summed E-state index contributed by atoms with van der Waals surface area (Å²) in [6.45, 7) is 19.6. The molecule has 0 unspecified atom stereocenters. The molecule has 0 saturated carbocycles. The molecule has 1 aliphatic rings. The molecule has 0 saturated heterocycles. The van der Waals surface area contributed by atoms with E-state index in [0.717, 1.165) is 5.56 Å². The van der Waals surface area contributed by atoms with Crippen molar-refractivity contribution >= 4 is 76.7 Å². The average Bonchev–Trinajstić information content (AvgIpc) is 0.840. The number of amides is 7. The average molecular weight is 1530 g/mol. The van der Waals surface area contributed by atoms with Crippen molar-refractivity contribution in [1.82, 2.24) is 31.5 Å². The van der Waals surface area contributed by atoms with Crippen LogP contribution in [0, 0.1) is 23.2 Å². The summed E-state index contributed by atoms with van der Waals surface area (Å²) in [5.41, 5.74) is 1.71. The highest BCUT2D eigenvalue weighted by Gasteiger charge is 2.39. The number of carboxylic acid groups (broad SMARTS) is 1. The highest BCUT2D eigenvalue weighted by Crippen LogP contribution is 2.31. The maximum atomic E-state index is 14.0. The second-order valence-corrected chi connectivity index (χ2v) is 27.6. The van der Waals surface area contributed by atoms with E-state index in [9.17, 15) is 58.2 Å². The van der Waals surface area contributed by atoms with Gasteiger partial charge >= 0.3 is 24.0 Å². The van der Waals surface area contributed by atoms with Gasteiger partial charge in [0.1, 0.15) is 36.6 Å². The second-order valence-electron chi connectivity index (χ2n) is 27.2. The third kappa shape index (κ3) is 35.5. The van der Waals surface area contributed by atoms with Gasteiger partial charge in [0.05, 0.1) is 122 Å². The number of aliphatic hydroxyl groups is 1. The Kier molecular flexibility index (Phi) is 42.2. The normalized spacial score (nSPS) is 17.4. The molecule has 0 bridgehead atoms. The van der Waals surface area contributed by atoms with Gasteiger partial charge in [-0.15, -0.1) is 0 Å². The lowest BCUT2D eigenvalue weighted by molar-refractivity contribution is -0.180. The molecule has 8 atom stereocenters. The number of halogens is 1. The summed E-state index contributed by atoms with van der Waals surface area (Å²) in [6, 6.07) is 15.4. The van der Waals surface area contributed by atoms with Crippen molar-refractivity contribution in [2.75, 3.05) is 125 Å². The van der Waals surface area contributed by atoms with Gasteiger partial charge in [0.25, 0.3) is 0 Å². The number of esters is 2. The molecule has 4 rings (SSSR count). The maximum Gasteiger partial charge on any atom is 0.407 e. The number of carbonyl (C=O) groups excluding carboxylic acids is 9. The molecule has 0 aliphatic carbocycles. The molecule has 8 N–H and O–H groups in total. The first kappa shape index (κ1) is 91.1. The van der Waals surface area contributed by atoms with Crippen molar-refractivity contribution in [3.63, 3.8) is 0 Å². The van der Waals surface area contributed by atoms with E-state index in [4.69, 9.17) is 63.7 Å². The summed E-state index contributed by atoms with van der Waals surface area (Å²) in [7, 11) is 3.08. The van der Waals surface area contributed by atoms with Crippen LogP contribution in [0.3, 0.4) is 0 Å². The monoisotopic (exact) mass is 1530 g/mol. The molecule has 3 aromatic rings. The lowest BCUT2D eigenvalue weighted by Crippen LogP contribution is -2.54. The number of hydrogen-bond donors (Lipinski definition) is 8. The number of methoxy groups -OCH3 is 2. The molecule has 107 heavy (non-hydrogen) atoms. The summed E-state index contributed by atoms with van der Waals surface area (Å²) in [6.07, 6.45) is -2.01. The minimum Gasteiger partial charge on any atom is -0.495 e. The number of rotatable bonds is 46. The van der Waals surface area contributed by atoms with E-state index in [1.165, 1.54) is 31.1 Å². The van der Waals surface area contributed by atoms with E-state index in [0.29, 0.717) is 99.2 Å². The number of carbonyl (C=O) groups is 10. The van der Waals surface area contributed by atoms with Gasteiger partial charge in [-0.25, -0.2) is 9.59 Å². The first-order valence-corrected chi connectivity index (χ1v) is 36.5. The Bertz CT molecular complexity index is 3290. The number of carboxylic acids is 1. The third-order valence-electron chi connectivity index (χ3n) is 17.1. The molecule has 0 spiro atoms. The number of aliphatic carboxylic acids is 1. The molecule has 0 fully saturated rings. The van der Waals surface area contributed by atoms with Crippen LogP contribution in [-0.4, -0.2) is 231 Å². The van der Waals surface area contributed by atoms with Crippen molar-refractivity contribution in [1.29, 1.82) is 0 Å². The van der Waals surface area contributed by atoms with Gasteiger partial charge in [0, 0.05) is 70.1 Å². The first-order valence-electron chi connectivity index (χ1n) is 36.1. The van der Waals surface area contributed by atoms with Crippen LogP contribution >= 0.6 is 11.6 Å². The van der Waals surface area contributed by atoms with E-state index in [1.807, 2.05) is 13.8 Å². The van der Waals surface area contributed by atoms with Crippen LogP contribution in [0.1, 0.15) is 123 Å². The fourth-order valence-corrected chi connectivity index (χ4v) is 10.9. The van der Waals surface area contributed by atoms with Crippen LogP contribution in [0.15, 0.2) is 78.9 Å². The third-order valence-corrected chi connectivity index (χ3v) is 17.4. The number of nitrogens with one attached hydrogen (secondary N) is 6. The molecule has 1 aliphatic heterocycles. The molecule has 1 heterocycles. The van der Waals surface area contributed by atoms with E-state index >= 15 is 0 Å². The zero-order valence-corrected chi connectivity index (χ0v) is 64.3. The van der Waals surface area contributed by atoms with Crippen LogP contribution in [0.5, 0.6) is 5.75 Å². The zero-order chi connectivity index (χ0) is 78.8. The van der Waals surface area contributed by atoms with Crippen LogP contribution < -0.4 is 36.6 Å². The fraction of sp³-hybridized carbons (Fsp3) is 0.605. The van der Waals surface area contributed by atoms with Gasteiger partial charge in [-0.1, -0.05) is 102 Å². The predicted octanol–water partition coefficient (Wildman–Crippen LogP) is 5.99. The highest BCUT2D eigenvalue weighted by molar-refractivity contribution is 6.32. The minimum absolute atomic E-state index is 0.0306. The number of hydrogen-bond acceptors (Lipinski definition) is 22. The van der Waals surface area contributed by atoms with E-state index in [2.05, 4.69) is 31.9 Å². The maximum absolute atomic E-state index is 14.0. The Morgan fingerprint density at radius 3 is 1.82 bits per heavy atom. The molecule has 596 valence electrons. The molecule has 0 aromatic heterocycles. The second kappa shape index (κ2) is 49.6. The molecule has 0 radical (unpaired) electrons. The van der Waals surface area contributed by atoms with Gasteiger partial charge in [-0.05, 0) is 91.6 Å². The number of nitrogens with zero attached hydrogens (tertiary/aromatic N) is 1. The summed E-state index contributed by atoms with van der Waals surface area (Å²) in [5, 5.41) is 37.8. The van der Waals surface area contributed by atoms with Crippen LogP contribution in [0.2, 0.25) is 5.02 Å². The Balaban J connectivity index is 1.21. The fourth-order valence-electron chi connectivity index (χ4n) is 10.6.